The Hall–Kier alpha value is -4.12. The normalized spacial score (nSPS) is 10.5. The van der Waals surface area contributed by atoms with Gasteiger partial charge in [-0.15, -0.1) is 0 Å². The van der Waals surface area contributed by atoms with Crippen LogP contribution in [-0.4, -0.2) is 45.9 Å². The predicted molar refractivity (Wildman–Crippen MR) is 111 cm³/mol. The fraction of sp³-hybridized carbons (Fsp3) is 0.200. The Bertz CT molecular complexity index is 1180. The lowest BCUT2D eigenvalue weighted by Crippen LogP contribution is -2.27. The number of hydrogen-bond donors (Lipinski definition) is 1. The van der Waals surface area contributed by atoms with Gasteiger partial charge in [0, 0.05) is 31.1 Å². The fourth-order valence-electron chi connectivity index (χ4n) is 2.75. The molecule has 11 nitrogen and oxygen atoms in total. The van der Waals surface area contributed by atoms with E-state index in [9.17, 15) is 19.7 Å². The van der Waals surface area contributed by atoms with Crippen molar-refractivity contribution in [1.29, 1.82) is 0 Å². The number of aromatic nitrogens is 3. The molecule has 1 aromatic carbocycles. The number of nitro groups is 1. The van der Waals surface area contributed by atoms with Crippen molar-refractivity contribution in [1.82, 2.24) is 14.8 Å². The number of rotatable bonds is 8. The number of methoxy groups -OCH3 is 1. The summed E-state index contributed by atoms with van der Waals surface area (Å²) in [4.78, 5) is 40.1. The molecule has 2 heterocycles. The average Bonchev–Trinajstić information content (AvgIpc) is 2.75. The molecular weight excluding hydrogens is 406 g/mol. The van der Waals surface area contributed by atoms with Crippen LogP contribution in [0.15, 0.2) is 53.5 Å². The molecule has 0 spiro atoms. The molecule has 0 fully saturated rings. The van der Waals surface area contributed by atoms with Crippen molar-refractivity contribution in [2.75, 3.05) is 25.6 Å². The summed E-state index contributed by atoms with van der Waals surface area (Å²) in [6.07, 6.45) is 1.49. The van der Waals surface area contributed by atoms with Gasteiger partial charge in [0.05, 0.1) is 11.5 Å². The van der Waals surface area contributed by atoms with Crippen molar-refractivity contribution in [3.63, 3.8) is 0 Å². The van der Waals surface area contributed by atoms with Crippen LogP contribution in [0.25, 0.3) is 5.69 Å². The van der Waals surface area contributed by atoms with E-state index in [1.165, 1.54) is 42.3 Å². The van der Waals surface area contributed by atoms with Gasteiger partial charge in [0.15, 0.2) is 5.69 Å². The van der Waals surface area contributed by atoms with Gasteiger partial charge in [-0.1, -0.05) is 12.1 Å². The summed E-state index contributed by atoms with van der Waals surface area (Å²) in [6, 6.07) is 10.2. The predicted octanol–water partition coefficient (Wildman–Crippen LogP) is 2.12. The van der Waals surface area contributed by atoms with E-state index in [0.717, 1.165) is 0 Å². The topological polar surface area (TPSA) is 138 Å². The van der Waals surface area contributed by atoms with Crippen molar-refractivity contribution in [3.05, 3.63) is 80.4 Å². The third-order valence-corrected chi connectivity index (χ3v) is 4.17. The number of carbonyl (C=O) groups excluding carboxylic acids is 1. The van der Waals surface area contributed by atoms with Crippen LogP contribution in [0.5, 0.6) is 5.88 Å². The summed E-state index contributed by atoms with van der Waals surface area (Å²) in [6.45, 7) is 2.10. The zero-order valence-electron chi connectivity index (χ0n) is 16.8. The lowest BCUT2D eigenvalue weighted by atomic mass is 10.2. The van der Waals surface area contributed by atoms with Gasteiger partial charge < -0.3 is 14.8 Å². The van der Waals surface area contributed by atoms with E-state index in [0.29, 0.717) is 12.3 Å². The van der Waals surface area contributed by atoms with Gasteiger partial charge in [-0.2, -0.15) is 5.10 Å². The third-order valence-electron chi connectivity index (χ3n) is 4.17. The first kappa shape index (κ1) is 21.6. The number of benzene rings is 1. The molecule has 3 aromatic rings. The van der Waals surface area contributed by atoms with Gasteiger partial charge in [-0.3, -0.25) is 19.7 Å². The molecule has 1 N–H and O–H groups in total. The minimum Gasteiger partial charge on any atom is -0.474 e. The van der Waals surface area contributed by atoms with Gasteiger partial charge >= 0.3 is 0 Å². The van der Waals surface area contributed by atoms with Crippen LogP contribution < -0.4 is 15.5 Å². The van der Waals surface area contributed by atoms with Crippen molar-refractivity contribution in [3.8, 4) is 11.6 Å². The number of nitrogens with one attached hydrogen (secondary N) is 1. The maximum atomic E-state index is 12.8. The van der Waals surface area contributed by atoms with Gasteiger partial charge in [0.2, 0.25) is 11.3 Å². The Morgan fingerprint density at radius 2 is 2.00 bits per heavy atom. The molecule has 0 saturated carbocycles. The Labute approximate surface area is 176 Å². The SMILES string of the molecule is COCCOc1ncccc1NC(=O)c1nn(-c2ccccc2[N+](=O)[O-])c(C)cc1=O. The molecular formula is C20H19N5O6. The number of ether oxygens (including phenoxy) is 2. The zero-order chi connectivity index (χ0) is 22.4. The van der Waals surface area contributed by atoms with Crippen molar-refractivity contribution in [2.45, 2.75) is 6.92 Å². The van der Waals surface area contributed by atoms with E-state index in [4.69, 9.17) is 9.47 Å². The first-order valence-corrected chi connectivity index (χ1v) is 9.15. The highest BCUT2D eigenvalue weighted by Gasteiger charge is 2.21. The summed E-state index contributed by atoms with van der Waals surface area (Å²) in [7, 11) is 1.52. The molecule has 0 aliphatic carbocycles. The van der Waals surface area contributed by atoms with Crippen LogP contribution in [0, 0.1) is 17.0 Å². The molecule has 11 heteroatoms. The fourth-order valence-corrected chi connectivity index (χ4v) is 2.75. The Morgan fingerprint density at radius 1 is 1.23 bits per heavy atom. The van der Waals surface area contributed by atoms with E-state index >= 15 is 0 Å². The highest BCUT2D eigenvalue weighted by molar-refractivity contribution is 6.03. The standard InChI is InChI=1S/C20H19N5O6/c1-13-12-17(26)18(23-24(13)15-7-3-4-8-16(15)25(28)29)19(27)22-14-6-5-9-21-20(14)31-11-10-30-2/h3-9,12H,10-11H2,1-2H3,(H,22,27). The quantitative estimate of drug-likeness (QED) is 0.329. The second-order valence-electron chi connectivity index (χ2n) is 6.31. The lowest BCUT2D eigenvalue weighted by molar-refractivity contribution is -0.384. The van der Waals surface area contributed by atoms with Gasteiger partial charge in [0.25, 0.3) is 11.6 Å². The number of anilines is 1. The number of pyridine rings is 1. The second kappa shape index (κ2) is 9.59. The van der Waals surface area contributed by atoms with Crippen molar-refractivity contribution in [2.24, 2.45) is 0 Å². The number of hydrogen-bond acceptors (Lipinski definition) is 8. The summed E-state index contributed by atoms with van der Waals surface area (Å²) < 4.78 is 11.6. The number of nitrogens with zero attached hydrogens (tertiary/aromatic N) is 4. The van der Waals surface area contributed by atoms with Crippen LogP contribution >= 0.6 is 0 Å². The third kappa shape index (κ3) is 4.90. The molecule has 31 heavy (non-hydrogen) atoms. The van der Waals surface area contributed by atoms with Gasteiger partial charge in [-0.05, 0) is 25.1 Å². The molecule has 160 valence electrons. The highest BCUT2D eigenvalue weighted by Crippen LogP contribution is 2.23. The number of amides is 1. The maximum Gasteiger partial charge on any atom is 0.294 e. The first-order chi connectivity index (χ1) is 14.9. The summed E-state index contributed by atoms with van der Waals surface area (Å²) >= 11 is 0. The molecule has 1 amide bonds. The van der Waals surface area contributed by atoms with Crippen LogP contribution in [-0.2, 0) is 4.74 Å². The molecule has 0 aliphatic heterocycles. The minimum atomic E-state index is -0.804. The van der Waals surface area contributed by atoms with Crippen LogP contribution in [0.3, 0.4) is 0 Å². The lowest BCUT2D eigenvalue weighted by Gasteiger charge is -2.13. The Kier molecular flexibility index (Phi) is 6.67. The number of para-hydroxylation sites is 2. The molecule has 0 atom stereocenters. The summed E-state index contributed by atoms with van der Waals surface area (Å²) in [5.41, 5.74) is -0.576. The molecule has 0 bridgehead atoms. The van der Waals surface area contributed by atoms with E-state index < -0.39 is 22.0 Å². The highest BCUT2D eigenvalue weighted by atomic mass is 16.6. The van der Waals surface area contributed by atoms with E-state index in [1.807, 2.05) is 0 Å². The minimum absolute atomic E-state index is 0.129. The monoisotopic (exact) mass is 425 g/mol. The molecule has 3 rings (SSSR count). The zero-order valence-corrected chi connectivity index (χ0v) is 16.8. The largest absolute Gasteiger partial charge is 0.474 e. The number of carbonyl (C=O) groups is 1. The van der Waals surface area contributed by atoms with E-state index in [2.05, 4.69) is 15.4 Å². The maximum absolute atomic E-state index is 12.8. The average molecular weight is 425 g/mol. The molecule has 0 saturated heterocycles. The Balaban J connectivity index is 1.96. The first-order valence-electron chi connectivity index (χ1n) is 9.15. The van der Waals surface area contributed by atoms with Crippen LogP contribution in [0.1, 0.15) is 16.2 Å². The molecule has 0 unspecified atom stereocenters. The van der Waals surface area contributed by atoms with Crippen LogP contribution in [0.2, 0.25) is 0 Å². The van der Waals surface area contributed by atoms with Crippen molar-refractivity contribution >= 4 is 17.3 Å². The Morgan fingerprint density at radius 3 is 2.74 bits per heavy atom. The van der Waals surface area contributed by atoms with Gasteiger partial charge in [-0.25, -0.2) is 9.67 Å². The van der Waals surface area contributed by atoms with Crippen molar-refractivity contribution < 1.29 is 19.2 Å². The van der Waals surface area contributed by atoms with E-state index in [-0.39, 0.29) is 29.5 Å². The number of nitro benzene ring substituents is 1. The molecule has 0 radical (unpaired) electrons. The summed E-state index contributed by atoms with van der Waals surface area (Å²) in [5.74, 6) is -0.652. The summed E-state index contributed by atoms with van der Waals surface area (Å²) in [5, 5.41) is 18.0. The van der Waals surface area contributed by atoms with Gasteiger partial charge in [0.1, 0.15) is 18.0 Å². The molecule has 0 aliphatic rings. The van der Waals surface area contributed by atoms with E-state index in [1.54, 1.807) is 25.1 Å². The molecule has 2 aromatic heterocycles. The second-order valence-corrected chi connectivity index (χ2v) is 6.31. The smallest absolute Gasteiger partial charge is 0.294 e. The number of aryl methyl sites for hydroxylation is 1. The van der Waals surface area contributed by atoms with Crippen LogP contribution in [0.4, 0.5) is 11.4 Å².